The molecule has 0 bridgehead atoms. The Morgan fingerprint density at radius 3 is 2.84 bits per heavy atom. The standard InChI is InChI=1S/C13H11ClN2O3/c14-9-5-8(6-11-13(9)19-4-3-18-11)12(17)10-7-15-1-2-16-10/h1-2,5-7,12,17H,3-4H2. The van der Waals surface area contributed by atoms with Crippen molar-refractivity contribution in [1.29, 1.82) is 0 Å². The highest BCUT2D eigenvalue weighted by Crippen LogP contribution is 2.40. The van der Waals surface area contributed by atoms with E-state index in [2.05, 4.69) is 9.97 Å². The first-order valence-electron chi connectivity index (χ1n) is 5.79. The van der Waals surface area contributed by atoms with Crippen LogP contribution in [-0.2, 0) is 0 Å². The molecule has 1 aromatic heterocycles. The number of hydrogen-bond acceptors (Lipinski definition) is 5. The van der Waals surface area contributed by atoms with Crippen molar-refractivity contribution in [3.05, 3.63) is 47.0 Å². The van der Waals surface area contributed by atoms with Crippen LogP contribution >= 0.6 is 11.6 Å². The molecule has 1 aliphatic rings. The maximum Gasteiger partial charge on any atom is 0.179 e. The van der Waals surface area contributed by atoms with E-state index in [1.807, 2.05) is 0 Å². The topological polar surface area (TPSA) is 64.5 Å². The summed E-state index contributed by atoms with van der Waals surface area (Å²) in [4.78, 5) is 8.00. The molecular formula is C13H11ClN2O3. The second-order valence-electron chi connectivity index (χ2n) is 4.06. The number of nitrogens with zero attached hydrogens (tertiary/aromatic N) is 2. The molecule has 1 atom stereocenters. The van der Waals surface area contributed by atoms with Crippen LogP contribution in [0.5, 0.6) is 11.5 Å². The number of rotatable bonds is 2. The highest BCUT2D eigenvalue weighted by atomic mass is 35.5. The van der Waals surface area contributed by atoms with Crippen LogP contribution in [0.2, 0.25) is 5.02 Å². The first kappa shape index (κ1) is 12.2. The van der Waals surface area contributed by atoms with Crippen LogP contribution in [0.4, 0.5) is 0 Å². The van der Waals surface area contributed by atoms with Crippen molar-refractivity contribution in [2.75, 3.05) is 13.2 Å². The third kappa shape index (κ3) is 2.34. The van der Waals surface area contributed by atoms with Gasteiger partial charge in [0.25, 0.3) is 0 Å². The third-order valence-corrected chi connectivity index (χ3v) is 3.08. The molecule has 1 N–H and O–H groups in total. The number of aromatic nitrogens is 2. The van der Waals surface area contributed by atoms with Crippen LogP contribution in [0.3, 0.4) is 0 Å². The fraction of sp³-hybridized carbons (Fsp3) is 0.231. The Labute approximate surface area is 114 Å². The van der Waals surface area contributed by atoms with Crippen molar-refractivity contribution < 1.29 is 14.6 Å². The van der Waals surface area contributed by atoms with E-state index in [9.17, 15) is 5.11 Å². The van der Waals surface area contributed by atoms with Gasteiger partial charge in [0.1, 0.15) is 19.3 Å². The molecule has 6 heteroatoms. The average molecular weight is 279 g/mol. The van der Waals surface area contributed by atoms with E-state index >= 15 is 0 Å². The molecule has 5 nitrogen and oxygen atoms in total. The Bertz CT molecular complexity index is 592. The van der Waals surface area contributed by atoms with E-state index in [1.165, 1.54) is 12.4 Å². The lowest BCUT2D eigenvalue weighted by atomic mass is 10.1. The molecule has 1 aliphatic heterocycles. The third-order valence-electron chi connectivity index (χ3n) is 2.80. The largest absolute Gasteiger partial charge is 0.486 e. The molecule has 19 heavy (non-hydrogen) atoms. The van der Waals surface area contributed by atoms with Gasteiger partial charge >= 0.3 is 0 Å². The highest BCUT2D eigenvalue weighted by molar-refractivity contribution is 6.32. The predicted octanol–water partition coefficient (Wildman–Crippen LogP) is 1.98. The highest BCUT2D eigenvalue weighted by Gasteiger charge is 2.20. The second-order valence-corrected chi connectivity index (χ2v) is 4.47. The summed E-state index contributed by atoms with van der Waals surface area (Å²) in [6.45, 7) is 0.937. The van der Waals surface area contributed by atoms with Crippen LogP contribution in [0.1, 0.15) is 17.4 Å². The predicted molar refractivity (Wildman–Crippen MR) is 68.5 cm³/mol. The van der Waals surface area contributed by atoms with Gasteiger partial charge in [-0.2, -0.15) is 0 Å². The lowest BCUT2D eigenvalue weighted by molar-refractivity contribution is 0.169. The normalized spacial score (nSPS) is 15.1. The quantitative estimate of drug-likeness (QED) is 0.910. The monoisotopic (exact) mass is 278 g/mol. The summed E-state index contributed by atoms with van der Waals surface area (Å²) in [7, 11) is 0. The number of aliphatic hydroxyl groups is 1. The second kappa shape index (κ2) is 5.03. The molecule has 0 saturated heterocycles. The average Bonchev–Trinajstić information content (AvgIpc) is 2.47. The Morgan fingerprint density at radius 2 is 2.05 bits per heavy atom. The van der Waals surface area contributed by atoms with Crippen molar-refractivity contribution in [3.63, 3.8) is 0 Å². The Morgan fingerprint density at radius 1 is 1.21 bits per heavy atom. The number of aliphatic hydroxyl groups excluding tert-OH is 1. The van der Waals surface area contributed by atoms with E-state index in [-0.39, 0.29) is 0 Å². The van der Waals surface area contributed by atoms with E-state index < -0.39 is 6.10 Å². The number of ether oxygens (including phenoxy) is 2. The summed E-state index contributed by atoms with van der Waals surface area (Å²) in [6.07, 6.45) is 3.68. The smallest absolute Gasteiger partial charge is 0.179 e. The zero-order valence-electron chi connectivity index (χ0n) is 9.91. The number of benzene rings is 1. The first-order chi connectivity index (χ1) is 9.25. The molecule has 0 spiro atoms. The van der Waals surface area contributed by atoms with Gasteiger partial charge in [0.05, 0.1) is 16.9 Å². The summed E-state index contributed by atoms with van der Waals surface area (Å²) in [6, 6.07) is 3.36. The maximum absolute atomic E-state index is 10.3. The zero-order chi connectivity index (χ0) is 13.2. The zero-order valence-corrected chi connectivity index (χ0v) is 10.7. The van der Waals surface area contributed by atoms with Gasteiger partial charge in [0, 0.05) is 12.4 Å². The summed E-state index contributed by atoms with van der Waals surface area (Å²) in [5, 5.41) is 10.7. The van der Waals surface area contributed by atoms with E-state index in [0.29, 0.717) is 41.0 Å². The van der Waals surface area contributed by atoms with Gasteiger partial charge in [-0.05, 0) is 17.7 Å². The van der Waals surface area contributed by atoms with Crippen LogP contribution in [0, 0.1) is 0 Å². The van der Waals surface area contributed by atoms with E-state index in [4.69, 9.17) is 21.1 Å². The fourth-order valence-electron chi connectivity index (χ4n) is 1.91. The molecule has 1 unspecified atom stereocenters. The lowest BCUT2D eigenvalue weighted by Crippen LogP contribution is -2.16. The van der Waals surface area contributed by atoms with E-state index in [1.54, 1.807) is 18.3 Å². The van der Waals surface area contributed by atoms with Crippen molar-refractivity contribution in [3.8, 4) is 11.5 Å². The molecule has 0 amide bonds. The number of hydrogen-bond donors (Lipinski definition) is 1. The minimum absolute atomic E-state index is 0.412. The van der Waals surface area contributed by atoms with Crippen molar-refractivity contribution >= 4 is 11.6 Å². The number of halogens is 1. The molecule has 1 aromatic carbocycles. The summed E-state index contributed by atoms with van der Waals surface area (Å²) in [5.74, 6) is 1.06. The fourth-order valence-corrected chi connectivity index (χ4v) is 2.18. The van der Waals surface area contributed by atoms with Crippen LogP contribution in [-0.4, -0.2) is 28.3 Å². The minimum Gasteiger partial charge on any atom is -0.486 e. The van der Waals surface area contributed by atoms with Gasteiger partial charge < -0.3 is 14.6 Å². The summed E-state index contributed by atoms with van der Waals surface area (Å²) >= 11 is 6.13. The molecule has 3 rings (SSSR count). The Hall–Kier alpha value is -1.85. The molecule has 0 saturated carbocycles. The molecule has 2 aromatic rings. The Kier molecular flexibility index (Phi) is 3.23. The lowest BCUT2D eigenvalue weighted by Gasteiger charge is -2.21. The summed E-state index contributed by atoms with van der Waals surface area (Å²) in [5.41, 5.74) is 1.05. The molecule has 0 fully saturated rings. The molecule has 0 radical (unpaired) electrons. The summed E-state index contributed by atoms with van der Waals surface area (Å²) < 4.78 is 10.9. The van der Waals surface area contributed by atoms with Gasteiger partial charge in [-0.1, -0.05) is 11.6 Å². The van der Waals surface area contributed by atoms with Gasteiger partial charge in [-0.3, -0.25) is 9.97 Å². The molecule has 0 aliphatic carbocycles. The van der Waals surface area contributed by atoms with Crippen molar-refractivity contribution in [2.45, 2.75) is 6.10 Å². The SMILES string of the molecule is OC(c1cc(Cl)c2c(c1)OCCO2)c1cnccn1. The molecule has 98 valence electrons. The van der Waals surface area contributed by atoms with Crippen LogP contribution in [0.15, 0.2) is 30.7 Å². The molecular weight excluding hydrogens is 268 g/mol. The first-order valence-corrected chi connectivity index (χ1v) is 6.16. The van der Waals surface area contributed by atoms with Gasteiger partial charge in [0.15, 0.2) is 11.5 Å². The van der Waals surface area contributed by atoms with Crippen molar-refractivity contribution in [2.24, 2.45) is 0 Å². The van der Waals surface area contributed by atoms with Gasteiger partial charge in [-0.15, -0.1) is 0 Å². The minimum atomic E-state index is -0.901. The maximum atomic E-state index is 10.3. The van der Waals surface area contributed by atoms with Crippen molar-refractivity contribution in [1.82, 2.24) is 9.97 Å². The molecule has 2 heterocycles. The Balaban J connectivity index is 1.99. The van der Waals surface area contributed by atoms with Gasteiger partial charge in [-0.25, -0.2) is 0 Å². The van der Waals surface area contributed by atoms with Crippen LogP contribution in [0.25, 0.3) is 0 Å². The number of fused-ring (bicyclic) bond motifs is 1. The van der Waals surface area contributed by atoms with Crippen LogP contribution < -0.4 is 9.47 Å². The van der Waals surface area contributed by atoms with Gasteiger partial charge in [0.2, 0.25) is 0 Å². The van der Waals surface area contributed by atoms with E-state index in [0.717, 1.165) is 0 Å².